The van der Waals surface area contributed by atoms with E-state index < -0.39 is 97.5 Å². The zero-order valence-corrected chi connectivity index (χ0v) is 66.8. The molecular formula is C80H156O17P2. The van der Waals surface area contributed by atoms with Crippen molar-refractivity contribution in [1.82, 2.24) is 0 Å². The number of hydrogen-bond donors (Lipinski definition) is 3. The Morgan fingerprint density at radius 1 is 0.293 bits per heavy atom. The van der Waals surface area contributed by atoms with Crippen molar-refractivity contribution in [2.75, 3.05) is 39.6 Å². The number of rotatable bonds is 78. The second-order valence-corrected chi connectivity index (χ2v) is 32.9. The first-order valence-corrected chi connectivity index (χ1v) is 44.4. The van der Waals surface area contributed by atoms with Crippen molar-refractivity contribution < 1.29 is 80.2 Å². The number of unbranched alkanes of at least 4 members (excludes halogenated alkanes) is 45. The lowest BCUT2D eigenvalue weighted by Crippen LogP contribution is -2.30. The number of esters is 4. The van der Waals surface area contributed by atoms with Crippen molar-refractivity contribution in [2.24, 2.45) is 17.8 Å². The fourth-order valence-corrected chi connectivity index (χ4v) is 13.9. The van der Waals surface area contributed by atoms with Gasteiger partial charge in [0.15, 0.2) is 12.2 Å². The second-order valence-electron chi connectivity index (χ2n) is 30.0. The molecule has 17 nitrogen and oxygen atoms in total. The Morgan fingerprint density at radius 2 is 0.515 bits per heavy atom. The number of carbonyl (C=O) groups excluding carboxylic acids is 4. The molecule has 99 heavy (non-hydrogen) atoms. The van der Waals surface area contributed by atoms with Gasteiger partial charge in [-0.1, -0.05) is 363 Å². The molecule has 0 bridgehead atoms. The summed E-state index contributed by atoms with van der Waals surface area (Å²) in [7, 11) is -9.92. The van der Waals surface area contributed by atoms with Crippen molar-refractivity contribution in [2.45, 2.75) is 433 Å². The molecule has 0 heterocycles. The van der Waals surface area contributed by atoms with E-state index in [0.29, 0.717) is 25.7 Å². The highest BCUT2D eigenvalue weighted by Gasteiger charge is 2.30. The minimum absolute atomic E-state index is 0.106. The molecule has 0 amide bonds. The Bertz CT molecular complexity index is 1920. The molecule has 0 aliphatic carbocycles. The average Bonchev–Trinajstić information content (AvgIpc) is 0.956. The van der Waals surface area contributed by atoms with Crippen molar-refractivity contribution >= 4 is 39.5 Å². The highest BCUT2D eigenvalue weighted by atomic mass is 31.2. The molecule has 6 atom stereocenters. The van der Waals surface area contributed by atoms with Gasteiger partial charge in [0.1, 0.15) is 19.3 Å². The Balaban J connectivity index is 5.25. The summed E-state index contributed by atoms with van der Waals surface area (Å²) < 4.78 is 68.7. The van der Waals surface area contributed by atoms with E-state index in [9.17, 15) is 43.2 Å². The molecule has 0 aliphatic rings. The molecule has 0 aromatic heterocycles. The van der Waals surface area contributed by atoms with Crippen LogP contribution in [0.2, 0.25) is 0 Å². The molecule has 19 heteroatoms. The van der Waals surface area contributed by atoms with Gasteiger partial charge < -0.3 is 33.8 Å². The number of phosphoric acid groups is 2. The molecule has 3 N–H and O–H groups in total. The quantitative estimate of drug-likeness (QED) is 0.0222. The molecule has 0 aromatic rings. The summed E-state index contributed by atoms with van der Waals surface area (Å²) in [5.74, 6) is 0.174. The van der Waals surface area contributed by atoms with Crippen LogP contribution in [-0.4, -0.2) is 96.7 Å². The average molecular weight is 1450 g/mol. The fourth-order valence-electron chi connectivity index (χ4n) is 12.3. The lowest BCUT2D eigenvalue weighted by molar-refractivity contribution is -0.161. The number of ether oxygens (including phenoxy) is 4. The lowest BCUT2D eigenvalue weighted by atomic mass is 10.00. The van der Waals surface area contributed by atoms with Gasteiger partial charge in [-0.25, -0.2) is 9.13 Å². The number of phosphoric ester groups is 2. The first kappa shape index (κ1) is 97.1. The summed E-state index contributed by atoms with van der Waals surface area (Å²) in [5.41, 5.74) is 0. The molecule has 0 aromatic carbocycles. The van der Waals surface area contributed by atoms with Crippen LogP contribution in [0, 0.1) is 17.8 Å². The van der Waals surface area contributed by atoms with Gasteiger partial charge in [0.2, 0.25) is 0 Å². The van der Waals surface area contributed by atoms with Crippen LogP contribution >= 0.6 is 15.6 Å². The largest absolute Gasteiger partial charge is 0.472 e. The van der Waals surface area contributed by atoms with Crippen molar-refractivity contribution in [3.05, 3.63) is 0 Å². The van der Waals surface area contributed by atoms with Gasteiger partial charge in [0.25, 0.3) is 0 Å². The molecule has 0 rings (SSSR count). The smallest absolute Gasteiger partial charge is 0.462 e. The van der Waals surface area contributed by atoms with E-state index in [4.69, 9.17) is 37.0 Å². The van der Waals surface area contributed by atoms with Gasteiger partial charge in [-0.3, -0.25) is 37.3 Å². The van der Waals surface area contributed by atoms with E-state index in [1.807, 2.05) is 0 Å². The van der Waals surface area contributed by atoms with Crippen LogP contribution in [0.4, 0.5) is 0 Å². The van der Waals surface area contributed by atoms with Crippen molar-refractivity contribution in [3.63, 3.8) is 0 Å². The minimum atomic E-state index is -4.96. The fraction of sp³-hybridized carbons (Fsp3) is 0.950. The van der Waals surface area contributed by atoms with E-state index in [0.717, 1.165) is 114 Å². The van der Waals surface area contributed by atoms with E-state index in [-0.39, 0.29) is 25.7 Å². The first-order valence-electron chi connectivity index (χ1n) is 41.4. The number of carbonyl (C=O) groups is 4. The number of hydrogen-bond acceptors (Lipinski definition) is 15. The molecule has 3 unspecified atom stereocenters. The highest BCUT2D eigenvalue weighted by molar-refractivity contribution is 7.47. The summed E-state index contributed by atoms with van der Waals surface area (Å²) in [6.07, 6.45) is 58.3. The first-order chi connectivity index (χ1) is 47.8. The van der Waals surface area contributed by atoms with Crippen LogP contribution in [0.3, 0.4) is 0 Å². The van der Waals surface area contributed by atoms with Gasteiger partial charge in [-0.15, -0.1) is 0 Å². The zero-order valence-electron chi connectivity index (χ0n) is 65.0. The Labute approximate surface area is 607 Å². The highest BCUT2D eigenvalue weighted by Crippen LogP contribution is 2.45. The Hall–Kier alpha value is -1.94. The van der Waals surface area contributed by atoms with Crippen LogP contribution in [0.5, 0.6) is 0 Å². The lowest BCUT2D eigenvalue weighted by Gasteiger charge is -2.21. The summed E-state index contributed by atoms with van der Waals surface area (Å²) in [4.78, 5) is 73.0. The number of aliphatic hydroxyl groups is 1. The summed E-state index contributed by atoms with van der Waals surface area (Å²) >= 11 is 0. The standard InChI is InChI=1S/C80H156O17P2/c1-8-10-11-12-13-14-15-16-17-18-19-20-21-24-30-35-40-49-56-63-79(84)96-75(67-90-77(82)61-54-47-39-34-29-25-22-23-27-32-37-44-51-58-71(3)4)69-94-98(86,87)92-65-74(81)66-93-99(88,89)95-70-76(68-91-78(83)62-55-48-43-42-46-53-60-73(7)9-2)97-80(85)64-57-50-41-36-31-26-28-33-38-45-52-59-72(5)6/h71-76,81H,8-70H2,1-7H3,(H,86,87)(H,88,89)/t73?,74-,75-,76-/m1/s1. The van der Waals surface area contributed by atoms with E-state index in [2.05, 4.69) is 48.5 Å². The maximum absolute atomic E-state index is 13.1. The predicted octanol–water partition coefficient (Wildman–Crippen LogP) is 23.7. The molecular weight excluding hydrogens is 1290 g/mol. The van der Waals surface area contributed by atoms with Crippen LogP contribution in [-0.2, 0) is 65.4 Å². The van der Waals surface area contributed by atoms with E-state index in [1.54, 1.807) is 0 Å². The Kier molecular flexibility index (Phi) is 69.0. The third kappa shape index (κ3) is 72.8. The molecule has 0 radical (unpaired) electrons. The molecule has 588 valence electrons. The van der Waals surface area contributed by atoms with E-state index in [1.165, 1.54) is 218 Å². The normalized spacial score (nSPS) is 14.3. The van der Waals surface area contributed by atoms with Crippen LogP contribution < -0.4 is 0 Å². The van der Waals surface area contributed by atoms with Gasteiger partial charge in [0, 0.05) is 25.7 Å². The van der Waals surface area contributed by atoms with Gasteiger partial charge >= 0.3 is 39.5 Å². The third-order valence-electron chi connectivity index (χ3n) is 19.0. The van der Waals surface area contributed by atoms with Gasteiger partial charge in [-0.2, -0.15) is 0 Å². The topological polar surface area (TPSA) is 237 Å². The zero-order chi connectivity index (χ0) is 73.0. The molecule has 0 saturated carbocycles. The summed E-state index contributed by atoms with van der Waals surface area (Å²) in [5, 5.41) is 10.6. The van der Waals surface area contributed by atoms with Crippen molar-refractivity contribution in [1.29, 1.82) is 0 Å². The molecule has 0 aliphatic heterocycles. The third-order valence-corrected chi connectivity index (χ3v) is 20.9. The van der Waals surface area contributed by atoms with E-state index >= 15 is 0 Å². The van der Waals surface area contributed by atoms with Gasteiger partial charge in [-0.05, 0) is 43.4 Å². The molecule has 0 fully saturated rings. The van der Waals surface area contributed by atoms with Crippen molar-refractivity contribution in [3.8, 4) is 0 Å². The second kappa shape index (κ2) is 70.4. The maximum Gasteiger partial charge on any atom is 0.472 e. The summed E-state index contributed by atoms with van der Waals surface area (Å²) in [6, 6.07) is 0. The monoisotopic (exact) mass is 1450 g/mol. The van der Waals surface area contributed by atoms with Crippen LogP contribution in [0.15, 0.2) is 0 Å². The van der Waals surface area contributed by atoms with Crippen LogP contribution in [0.1, 0.15) is 414 Å². The van der Waals surface area contributed by atoms with Crippen LogP contribution in [0.25, 0.3) is 0 Å². The number of aliphatic hydroxyl groups excluding tert-OH is 1. The predicted molar refractivity (Wildman–Crippen MR) is 405 cm³/mol. The summed E-state index contributed by atoms with van der Waals surface area (Å²) in [6.45, 7) is 11.9. The minimum Gasteiger partial charge on any atom is -0.462 e. The van der Waals surface area contributed by atoms with Gasteiger partial charge in [0.05, 0.1) is 26.4 Å². The maximum atomic E-state index is 13.1. The Morgan fingerprint density at radius 3 is 0.768 bits per heavy atom. The molecule has 0 spiro atoms. The SMILES string of the molecule is CCCCCCCCCCCCCCCCCCCCCC(=O)O[C@H](COC(=O)CCCCCCCCCCCCCCCC(C)C)COP(=O)(O)OC[C@@H](O)COP(=O)(O)OC[C@@H](COC(=O)CCCCCCCCC(C)CC)OC(=O)CCCCCCCCCCCCCC(C)C. The molecule has 0 saturated heterocycles.